The smallest absolute Gasteiger partial charge is 0.200 e. The van der Waals surface area contributed by atoms with Crippen molar-refractivity contribution >= 4 is 16.2 Å². The van der Waals surface area contributed by atoms with Crippen LogP contribution in [0.3, 0.4) is 0 Å². The Morgan fingerprint density at radius 2 is 2.00 bits per heavy atom. The van der Waals surface area contributed by atoms with Gasteiger partial charge < -0.3 is 0 Å². The Labute approximate surface area is 121 Å². The summed E-state index contributed by atoms with van der Waals surface area (Å²) >= 11 is 0. The second kappa shape index (κ2) is 7.05. The number of sulfonamides is 1. The van der Waals surface area contributed by atoms with Crippen molar-refractivity contribution in [3.63, 3.8) is 0 Å². The van der Waals surface area contributed by atoms with Gasteiger partial charge >= 0.3 is 0 Å². The topological polar surface area (TPSA) is 58.5 Å². The molecule has 108 valence electrons. The summed E-state index contributed by atoms with van der Waals surface area (Å²) in [6, 6.07) is 6.57. The molecule has 20 heavy (non-hydrogen) atoms. The number of allylic oxidation sites excluding steroid dienone is 2. The average molecular weight is 292 g/mol. The Hall–Kier alpha value is -1.88. The molecule has 1 aromatic carbocycles. The second-order valence-electron chi connectivity index (χ2n) is 4.74. The second-order valence-corrected chi connectivity index (χ2v) is 6.40. The summed E-state index contributed by atoms with van der Waals surface area (Å²) in [6.07, 6.45) is 3.93. The molecular weight excluding hydrogens is 272 g/mol. The minimum absolute atomic E-state index is 0.185. The SMILES string of the molecule is C=C[C@@H](C)CC(=C)/C=N/NS(=O)(=O)c1ccc(C)cc1. The molecule has 4 nitrogen and oxygen atoms in total. The summed E-state index contributed by atoms with van der Waals surface area (Å²) in [6.45, 7) is 11.4. The summed E-state index contributed by atoms with van der Waals surface area (Å²) in [5.74, 6) is 0.280. The van der Waals surface area contributed by atoms with Crippen LogP contribution in [-0.2, 0) is 10.0 Å². The number of hydrazone groups is 1. The first-order valence-corrected chi connectivity index (χ1v) is 7.75. The van der Waals surface area contributed by atoms with E-state index in [1.54, 1.807) is 24.3 Å². The van der Waals surface area contributed by atoms with Crippen molar-refractivity contribution in [1.29, 1.82) is 0 Å². The first-order chi connectivity index (χ1) is 9.35. The highest BCUT2D eigenvalue weighted by atomic mass is 32.2. The van der Waals surface area contributed by atoms with Gasteiger partial charge in [-0.2, -0.15) is 13.5 Å². The van der Waals surface area contributed by atoms with Crippen LogP contribution in [0, 0.1) is 12.8 Å². The van der Waals surface area contributed by atoms with E-state index in [2.05, 4.69) is 23.1 Å². The molecule has 1 rings (SSSR count). The summed E-state index contributed by atoms with van der Waals surface area (Å²) in [4.78, 5) is 2.36. The predicted octanol–water partition coefficient (Wildman–Crippen LogP) is 3.03. The molecule has 1 aromatic rings. The van der Waals surface area contributed by atoms with Gasteiger partial charge in [-0.15, -0.1) is 6.58 Å². The minimum Gasteiger partial charge on any atom is -0.200 e. The fourth-order valence-electron chi connectivity index (χ4n) is 1.51. The maximum atomic E-state index is 11.9. The van der Waals surface area contributed by atoms with E-state index in [9.17, 15) is 8.42 Å². The molecule has 0 fully saturated rings. The zero-order valence-corrected chi connectivity index (χ0v) is 12.7. The lowest BCUT2D eigenvalue weighted by molar-refractivity contribution is 0.584. The Bertz CT molecular complexity index is 601. The van der Waals surface area contributed by atoms with Crippen molar-refractivity contribution in [1.82, 2.24) is 4.83 Å². The molecule has 0 unspecified atom stereocenters. The molecule has 0 radical (unpaired) electrons. The summed E-state index contributed by atoms with van der Waals surface area (Å²) in [5.41, 5.74) is 1.74. The molecule has 0 bridgehead atoms. The van der Waals surface area contributed by atoms with Gasteiger partial charge in [0, 0.05) is 0 Å². The fourth-order valence-corrected chi connectivity index (χ4v) is 2.30. The lowest BCUT2D eigenvalue weighted by Crippen LogP contribution is -2.18. The predicted molar refractivity (Wildman–Crippen MR) is 83.1 cm³/mol. The molecule has 0 aliphatic rings. The first kappa shape index (κ1) is 16.2. The van der Waals surface area contributed by atoms with Crippen molar-refractivity contribution in [3.8, 4) is 0 Å². The highest BCUT2D eigenvalue weighted by molar-refractivity contribution is 7.89. The van der Waals surface area contributed by atoms with Crippen LogP contribution in [0.4, 0.5) is 0 Å². The minimum atomic E-state index is -3.62. The third kappa shape index (κ3) is 5.01. The Morgan fingerprint density at radius 3 is 2.55 bits per heavy atom. The third-order valence-electron chi connectivity index (χ3n) is 2.74. The molecule has 0 aromatic heterocycles. The number of hydrogen-bond acceptors (Lipinski definition) is 3. The lowest BCUT2D eigenvalue weighted by atomic mass is 10.0. The van der Waals surface area contributed by atoms with Gasteiger partial charge in [0.15, 0.2) is 0 Å². The zero-order chi connectivity index (χ0) is 15.2. The van der Waals surface area contributed by atoms with Crippen LogP contribution >= 0.6 is 0 Å². The van der Waals surface area contributed by atoms with Crippen LogP contribution in [0.1, 0.15) is 18.9 Å². The van der Waals surface area contributed by atoms with Crippen LogP contribution in [0.25, 0.3) is 0 Å². The van der Waals surface area contributed by atoms with E-state index in [-0.39, 0.29) is 10.8 Å². The molecule has 0 spiro atoms. The summed E-state index contributed by atoms with van der Waals surface area (Å²) in [5, 5.41) is 3.73. The van der Waals surface area contributed by atoms with E-state index in [0.717, 1.165) is 11.1 Å². The molecule has 0 saturated carbocycles. The van der Waals surface area contributed by atoms with E-state index in [0.29, 0.717) is 6.42 Å². The lowest BCUT2D eigenvalue weighted by Gasteiger charge is -2.05. The van der Waals surface area contributed by atoms with Crippen molar-refractivity contribution in [2.24, 2.45) is 11.0 Å². The van der Waals surface area contributed by atoms with E-state index in [4.69, 9.17) is 0 Å². The average Bonchev–Trinajstić information content (AvgIpc) is 2.38. The van der Waals surface area contributed by atoms with Gasteiger partial charge in [0.25, 0.3) is 10.0 Å². The molecule has 0 heterocycles. The Balaban J connectivity index is 2.66. The molecule has 0 aliphatic heterocycles. The Kier molecular flexibility index (Phi) is 5.70. The number of nitrogens with one attached hydrogen (secondary N) is 1. The van der Waals surface area contributed by atoms with E-state index >= 15 is 0 Å². The quantitative estimate of drug-likeness (QED) is 0.477. The fraction of sp³-hybridized carbons (Fsp3) is 0.267. The standard InChI is InChI=1S/C15H20N2O2S/c1-5-12(2)10-14(4)11-16-17-20(18,19)15-8-6-13(3)7-9-15/h5-9,11-12,17H,1,4,10H2,2-3H3/b16-11+/t12-/m1/s1. The van der Waals surface area contributed by atoms with E-state index < -0.39 is 10.0 Å². The number of benzene rings is 1. The molecule has 1 N–H and O–H groups in total. The van der Waals surface area contributed by atoms with Crippen molar-refractivity contribution in [2.45, 2.75) is 25.2 Å². The van der Waals surface area contributed by atoms with Crippen LogP contribution < -0.4 is 4.83 Å². The molecule has 0 amide bonds. The van der Waals surface area contributed by atoms with E-state index in [1.165, 1.54) is 6.21 Å². The van der Waals surface area contributed by atoms with Crippen LogP contribution in [-0.4, -0.2) is 14.6 Å². The molecule has 0 saturated heterocycles. The largest absolute Gasteiger partial charge is 0.276 e. The molecular formula is C15H20N2O2S. The van der Waals surface area contributed by atoms with Crippen molar-refractivity contribution in [2.75, 3.05) is 0 Å². The highest BCUT2D eigenvalue weighted by Gasteiger charge is 2.11. The Morgan fingerprint density at radius 1 is 1.40 bits per heavy atom. The van der Waals surface area contributed by atoms with Crippen molar-refractivity contribution in [3.05, 3.63) is 54.6 Å². The molecule has 0 aliphatic carbocycles. The van der Waals surface area contributed by atoms with Crippen LogP contribution in [0.2, 0.25) is 0 Å². The maximum absolute atomic E-state index is 11.9. The number of hydrogen-bond donors (Lipinski definition) is 1. The number of rotatable bonds is 7. The normalized spacial score (nSPS) is 13.1. The highest BCUT2D eigenvalue weighted by Crippen LogP contribution is 2.10. The van der Waals surface area contributed by atoms with Gasteiger partial charge in [-0.3, -0.25) is 0 Å². The number of nitrogens with zero attached hydrogens (tertiary/aromatic N) is 1. The van der Waals surface area contributed by atoms with Gasteiger partial charge in [-0.1, -0.05) is 37.3 Å². The van der Waals surface area contributed by atoms with Gasteiger partial charge in [-0.05, 0) is 37.0 Å². The number of aryl methyl sites for hydroxylation is 1. The monoisotopic (exact) mass is 292 g/mol. The van der Waals surface area contributed by atoms with Crippen LogP contribution in [0.15, 0.2) is 59.1 Å². The van der Waals surface area contributed by atoms with Gasteiger partial charge in [0.1, 0.15) is 0 Å². The van der Waals surface area contributed by atoms with Crippen LogP contribution in [0.5, 0.6) is 0 Å². The molecule has 5 heteroatoms. The third-order valence-corrected chi connectivity index (χ3v) is 3.98. The van der Waals surface area contributed by atoms with Gasteiger partial charge in [0.2, 0.25) is 0 Å². The van der Waals surface area contributed by atoms with Crippen molar-refractivity contribution < 1.29 is 8.42 Å². The zero-order valence-electron chi connectivity index (χ0n) is 11.8. The first-order valence-electron chi connectivity index (χ1n) is 6.27. The summed E-state index contributed by atoms with van der Waals surface area (Å²) < 4.78 is 23.9. The molecule has 1 atom stereocenters. The maximum Gasteiger partial charge on any atom is 0.276 e. The summed E-state index contributed by atoms with van der Waals surface area (Å²) in [7, 11) is -3.62. The van der Waals surface area contributed by atoms with Gasteiger partial charge in [0.05, 0.1) is 11.1 Å². The van der Waals surface area contributed by atoms with E-state index in [1.807, 2.05) is 19.9 Å². The van der Waals surface area contributed by atoms with Gasteiger partial charge in [-0.25, -0.2) is 4.83 Å².